The molecule has 1 atom stereocenters. The molecule has 1 aromatic carbocycles. The Morgan fingerprint density at radius 3 is 2.79 bits per heavy atom. The zero-order valence-corrected chi connectivity index (χ0v) is 10.6. The highest BCUT2D eigenvalue weighted by molar-refractivity contribution is 5.89. The first kappa shape index (κ1) is 11.8. The Bertz CT molecular complexity index is 537. The number of anilines is 1. The van der Waals surface area contributed by atoms with Crippen molar-refractivity contribution >= 4 is 11.7 Å². The quantitative estimate of drug-likeness (QED) is 0.891. The summed E-state index contributed by atoms with van der Waals surface area (Å²) in [5.74, 6) is 0.862. The first-order chi connectivity index (χ1) is 9.34. The Hall–Kier alpha value is -2.23. The van der Waals surface area contributed by atoms with Gasteiger partial charge in [-0.25, -0.2) is 4.79 Å². The topological polar surface area (TPSA) is 45.5 Å². The molecule has 1 fully saturated rings. The molecule has 3 rings (SSSR count). The van der Waals surface area contributed by atoms with Gasteiger partial charge in [0.2, 0.25) is 0 Å². The molecule has 2 amide bonds. The minimum Gasteiger partial charge on any atom is -0.467 e. The molecule has 0 spiro atoms. The maximum absolute atomic E-state index is 12.3. The zero-order chi connectivity index (χ0) is 13.1. The molecule has 0 radical (unpaired) electrons. The molecule has 2 aromatic rings. The SMILES string of the molecule is O=C(Nc1ccccc1)N1CCC[C@@H]1c1ccco1. The number of urea groups is 1. The number of furan rings is 1. The van der Waals surface area contributed by atoms with Crippen LogP contribution in [-0.4, -0.2) is 17.5 Å². The predicted molar refractivity (Wildman–Crippen MR) is 72.8 cm³/mol. The van der Waals surface area contributed by atoms with E-state index in [4.69, 9.17) is 4.42 Å². The lowest BCUT2D eigenvalue weighted by atomic mass is 10.2. The molecule has 1 aliphatic heterocycles. The van der Waals surface area contributed by atoms with E-state index in [1.165, 1.54) is 0 Å². The molecule has 4 nitrogen and oxygen atoms in total. The van der Waals surface area contributed by atoms with Crippen LogP contribution in [0.1, 0.15) is 24.6 Å². The zero-order valence-electron chi connectivity index (χ0n) is 10.6. The van der Waals surface area contributed by atoms with Crippen molar-refractivity contribution in [1.29, 1.82) is 0 Å². The van der Waals surface area contributed by atoms with Crippen molar-refractivity contribution in [2.45, 2.75) is 18.9 Å². The van der Waals surface area contributed by atoms with Gasteiger partial charge in [0.25, 0.3) is 0 Å². The molecule has 1 aliphatic rings. The van der Waals surface area contributed by atoms with E-state index in [0.717, 1.165) is 30.8 Å². The summed E-state index contributed by atoms with van der Waals surface area (Å²) in [5, 5.41) is 2.92. The van der Waals surface area contributed by atoms with Gasteiger partial charge in [-0.15, -0.1) is 0 Å². The molecule has 1 aromatic heterocycles. The highest BCUT2D eigenvalue weighted by atomic mass is 16.3. The molecule has 0 saturated carbocycles. The molecule has 4 heteroatoms. The molecule has 1 N–H and O–H groups in total. The Balaban J connectivity index is 1.72. The summed E-state index contributed by atoms with van der Waals surface area (Å²) in [6, 6.07) is 13.3. The van der Waals surface area contributed by atoms with Crippen molar-refractivity contribution in [3.63, 3.8) is 0 Å². The number of benzene rings is 1. The number of para-hydroxylation sites is 1. The number of hydrogen-bond acceptors (Lipinski definition) is 2. The first-order valence-electron chi connectivity index (χ1n) is 6.50. The van der Waals surface area contributed by atoms with E-state index in [9.17, 15) is 4.79 Å². The van der Waals surface area contributed by atoms with Gasteiger partial charge in [-0.1, -0.05) is 18.2 Å². The van der Waals surface area contributed by atoms with Crippen LogP contribution in [0.4, 0.5) is 10.5 Å². The average Bonchev–Trinajstić information content (AvgIpc) is 3.10. The number of nitrogens with one attached hydrogen (secondary N) is 1. The second-order valence-corrected chi connectivity index (χ2v) is 4.66. The summed E-state index contributed by atoms with van der Waals surface area (Å²) in [6.45, 7) is 0.768. The molecule has 19 heavy (non-hydrogen) atoms. The van der Waals surface area contributed by atoms with Crippen molar-refractivity contribution in [1.82, 2.24) is 4.90 Å². The Morgan fingerprint density at radius 2 is 2.05 bits per heavy atom. The van der Waals surface area contributed by atoms with Crippen LogP contribution in [0, 0.1) is 0 Å². The van der Waals surface area contributed by atoms with Crippen LogP contribution in [0.3, 0.4) is 0 Å². The van der Waals surface area contributed by atoms with Gasteiger partial charge in [-0.05, 0) is 37.1 Å². The van der Waals surface area contributed by atoms with Crippen LogP contribution in [-0.2, 0) is 0 Å². The number of amides is 2. The van der Waals surface area contributed by atoms with Crippen LogP contribution in [0.5, 0.6) is 0 Å². The number of nitrogens with zero attached hydrogens (tertiary/aromatic N) is 1. The number of hydrogen-bond donors (Lipinski definition) is 1. The van der Waals surface area contributed by atoms with Crippen molar-refractivity contribution in [3.05, 3.63) is 54.5 Å². The number of likely N-dealkylation sites (tertiary alicyclic amines) is 1. The number of carbonyl (C=O) groups is 1. The standard InChI is InChI=1S/C15H16N2O2/c18-15(16-12-6-2-1-3-7-12)17-10-4-8-13(17)14-9-5-11-19-14/h1-3,5-7,9,11,13H,4,8,10H2,(H,16,18)/t13-/m1/s1. The highest BCUT2D eigenvalue weighted by Gasteiger charge is 2.31. The first-order valence-corrected chi connectivity index (χ1v) is 6.50. The molecule has 0 aliphatic carbocycles. The Kier molecular flexibility index (Phi) is 3.23. The third-order valence-electron chi connectivity index (χ3n) is 3.41. The fourth-order valence-electron chi connectivity index (χ4n) is 2.50. The summed E-state index contributed by atoms with van der Waals surface area (Å²) >= 11 is 0. The summed E-state index contributed by atoms with van der Waals surface area (Å²) in [7, 11) is 0. The fraction of sp³-hybridized carbons (Fsp3) is 0.267. The van der Waals surface area contributed by atoms with Gasteiger partial charge < -0.3 is 14.6 Å². The molecule has 98 valence electrons. The fourth-order valence-corrected chi connectivity index (χ4v) is 2.50. The monoisotopic (exact) mass is 256 g/mol. The maximum Gasteiger partial charge on any atom is 0.322 e. The normalized spacial score (nSPS) is 18.5. The van der Waals surface area contributed by atoms with Gasteiger partial charge in [0, 0.05) is 12.2 Å². The Labute approximate surface area is 112 Å². The second-order valence-electron chi connectivity index (χ2n) is 4.66. The molecular formula is C15H16N2O2. The summed E-state index contributed by atoms with van der Waals surface area (Å²) in [5.41, 5.74) is 0.817. The average molecular weight is 256 g/mol. The van der Waals surface area contributed by atoms with Crippen molar-refractivity contribution in [3.8, 4) is 0 Å². The lowest BCUT2D eigenvalue weighted by Gasteiger charge is -2.23. The minimum absolute atomic E-state index is 0.0544. The van der Waals surface area contributed by atoms with Crippen LogP contribution in [0.2, 0.25) is 0 Å². The van der Waals surface area contributed by atoms with Gasteiger partial charge >= 0.3 is 6.03 Å². The highest BCUT2D eigenvalue weighted by Crippen LogP contribution is 2.32. The number of rotatable bonds is 2. The van der Waals surface area contributed by atoms with Gasteiger partial charge in [0.05, 0.1) is 12.3 Å². The smallest absolute Gasteiger partial charge is 0.322 e. The van der Waals surface area contributed by atoms with E-state index < -0.39 is 0 Å². The van der Waals surface area contributed by atoms with Crippen molar-refractivity contribution < 1.29 is 9.21 Å². The third-order valence-corrected chi connectivity index (χ3v) is 3.41. The summed E-state index contributed by atoms with van der Waals surface area (Å²) < 4.78 is 5.43. The van der Waals surface area contributed by atoms with Crippen molar-refractivity contribution in [2.75, 3.05) is 11.9 Å². The molecule has 1 saturated heterocycles. The molecule has 0 bridgehead atoms. The van der Waals surface area contributed by atoms with E-state index in [0.29, 0.717) is 0 Å². The van der Waals surface area contributed by atoms with Crippen LogP contribution in [0.15, 0.2) is 53.1 Å². The minimum atomic E-state index is -0.0647. The van der Waals surface area contributed by atoms with Gasteiger partial charge in [0.1, 0.15) is 5.76 Å². The number of carbonyl (C=O) groups excluding carboxylic acids is 1. The van der Waals surface area contributed by atoms with Crippen molar-refractivity contribution in [2.24, 2.45) is 0 Å². The van der Waals surface area contributed by atoms with E-state index in [1.54, 1.807) is 6.26 Å². The Morgan fingerprint density at radius 1 is 1.21 bits per heavy atom. The van der Waals surface area contributed by atoms with E-state index in [2.05, 4.69) is 5.32 Å². The largest absolute Gasteiger partial charge is 0.467 e. The van der Waals surface area contributed by atoms with Gasteiger partial charge in [-0.3, -0.25) is 0 Å². The molecule has 0 unspecified atom stereocenters. The second kappa shape index (κ2) is 5.18. The van der Waals surface area contributed by atoms with Crippen LogP contribution < -0.4 is 5.32 Å². The van der Waals surface area contributed by atoms with Crippen LogP contribution >= 0.6 is 0 Å². The summed E-state index contributed by atoms with van der Waals surface area (Å²) in [4.78, 5) is 14.1. The van der Waals surface area contributed by atoms with Gasteiger partial charge in [-0.2, -0.15) is 0 Å². The lowest BCUT2D eigenvalue weighted by molar-refractivity contribution is 0.200. The molecule has 2 heterocycles. The van der Waals surface area contributed by atoms with Crippen LogP contribution in [0.25, 0.3) is 0 Å². The maximum atomic E-state index is 12.3. The lowest BCUT2D eigenvalue weighted by Crippen LogP contribution is -2.34. The van der Waals surface area contributed by atoms with E-state index in [-0.39, 0.29) is 12.1 Å². The third kappa shape index (κ3) is 2.47. The van der Waals surface area contributed by atoms with E-state index in [1.807, 2.05) is 47.4 Å². The van der Waals surface area contributed by atoms with E-state index >= 15 is 0 Å². The van der Waals surface area contributed by atoms with Gasteiger partial charge in [0.15, 0.2) is 0 Å². The summed E-state index contributed by atoms with van der Waals surface area (Å²) in [6.07, 6.45) is 3.62. The molecular weight excluding hydrogens is 240 g/mol. The predicted octanol–water partition coefficient (Wildman–Crippen LogP) is 3.65.